The van der Waals surface area contributed by atoms with Crippen LogP contribution in [0.15, 0.2) is 0 Å². The molecule has 2 unspecified atom stereocenters. The minimum absolute atomic E-state index is 0.150. The fourth-order valence-electron chi connectivity index (χ4n) is 2.82. The van der Waals surface area contributed by atoms with Gasteiger partial charge in [0.25, 0.3) is 0 Å². The summed E-state index contributed by atoms with van der Waals surface area (Å²) in [6.07, 6.45) is 3.44. The van der Waals surface area contributed by atoms with E-state index in [9.17, 15) is 0 Å². The van der Waals surface area contributed by atoms with Gasteiger partial charge in [-0.3, -0.25) is 0 Å². The molecule has 0 saturated heterocycles. The summed E-state index contributed by atoms with van der Waals surface area (Å²) in [5, 5.41) is 1.15. The number of rotatable bonds is 5. The Hall–Kier alpha value is -0.650. The highest BCUT2D eigenvalue weighted by Crippen LogP contribution is 2.36. The molecule has 2 atom stereocenters. The quantitative estimate of drug-likeness (QED) is 0.900. The molecule has 0 fully saturated rings. The van der Waals surface area contributed by atoms with Gasteiger partial charge in [-0.25, -0.2) is 4.98 Å². The third kappa shape index (κ3) is 3.27. The largest absolute Gasteiger partial charge is 0.344 e. The molecule has 108 valence electrons. The summed E-state index contributed by atoms with van der Waals surface area (Å²) < 4.78 is 0. The van der Waals surface area contributed by atoms with Gasteiger partial charge in [-0.15, -0.1) is 11.3 Å². The van der Waals surface area contributed by atoms with Crippen molar-refractivity contribution in [1.29, 1.82) is 0 Å². The molecule has 2 rings (SSSR count). The molecule has 1 aromatic heterocycles. The highest BCUT2D eigenvalue weighted by molar-refractivity contribution is 7.15. The lowest BCUT2D eigenvalue weighted by Crippen LogP contribution is -2.40. The van der Waals surface area contributed by atoms with Crippen LogP contribution in [0.2, 0.25) is 0 Å². The van der Waals surface area contributed by atoms with Gasteiger partial charge in [-0.05, 0) is 47.2 Å². The predicted octanol–water partition coefficient (Wildman–Crippen LogP) is 2.26. The molecule has 0 saturated carbocycles. The third-order valence-electron chi connectivity index (χ3n) is 3.73. The first-order valence-corrected chi connectivity index (χ1v) is 8.01. The molecule has 4 nitrogen and oxygen atoms in total. The normalized spacial score (nSPS) is 20.4. The first-order chi connectivity index (χ1) is 9.02. The van der Waals surface area contributed by atoms with E-state index in [1.165, 1.54) is 11.3 Å². The molecule has 0 spiro atoms. The molecule has 1 aromatic rings. The van der Waals surface area contributed by atoms with Crippen molar-refractivity contribution in [2.45, 2.75) is 45.2 Å². The number of nitrogens with zero attached hydrogens (tertiary/aromatic N) is 3. The minimum atomic E-state index is 0.150. The van der Waals surface area contributed by atoms with Crippen LogP contribution in [0.3, 0.4) is 0 Å². The van der Waals surface area contributed by atoms with Gasteiger partial charge < -0.3 is 15.5 Å². The van der Waals surface area contributed by atoms with E-state index in [0.29, 0.717) is 6.04 Å². The molecule has 1 aliphatic carbocycles. The molecule has 0 aliphatic heterocycles. The summed E-state index contributed by atoms with van der Waals surface area (Å²) in [4.78, 5) is 10.9. The lowest BCUT2D eigenvalue weighted by molar-refractivity contribution is 0.372. The molecular formula is C14H26N4S. The highest BCUT2D eigenvalue weighted by Gasteiger charge is 2.25. The van der Waals surface area contributed by atoms with Crippen molar-refractivity contribution in [3.8, 4) is 0 Å². The second-order valence-corrected chi connectivity index (χ2v) is 6.76. The van der Waals surface area contributed by atoms with Crippen molar-refractivity contribution in [3.05, 3.63) is 10.6 Å². The van der Waals surface area contributed by atoms with E-state index in [1.54, 1.807) is 0 Å². The number of nitrogens with two attached hydrogens (primary N) is 1. The number of fused-ring (bicyclic) bond motifs is 1. The standard InChI is InChI=1S/C14H26N4S/c1-5-18(10(2)9-17(3)4)14-16-13-11(15)7-6-8-12(13)19-14/h10-11H,5-9,15H2,1-4H3. The number of thiazole rings is 1. The maximum Gasteiger partial charge on any atom is 0.186 e. The summed E-state index contributed by atoms with van der Waals surface area (Å²) in [6, 6.07) is 0.625. The van der Waals surface area contributed by atoms with Crippen LogP contribution in [-0.2, 0) is 6.42 Å². The summed E-state index contributed by atoms with van der Waals surface area (Å²) >= 11 is 1.84. The molecular weight excluding hydrogens is 256 g/mol. The summed E-state index contributed by atoms with van der Waals surface area (Å²) in [5.41, 5.74) is 7.33. The van der Waals surface area contributed by atoms with Crippen molar-refractivity contribution in [2.24, 2.45) is 5.73 Å². The van der Waals surface area contributed by atoms with Crippen LogP contribution >= 0.6 is 11.3 Å². The van der Waals surface area contributed by atoms with E-state index in [-0.39, 0.29) is 6.04 Å². The van der Waals surface area contributed by atoms with Crippen LogP contribution in [0.1, 0.15) is 43.3 Å². The van der Waals surface area contributed by atoms with Crippen molar-refractivity contribution in [2.75, 3.05) is 32.1 Å². The predicted molar refractivity (Wildman–Crippen MR) is 83.0 cm³/mol. The molecule has 19 heavy (non-hydrogen) atoms. The maximum absolute atomic E-state index is 6.18. The molecule has 0 bridgehead atoms. The molecule has 0 aromatic carbocycles. The van der Waals surface area contributed by atoms with Crippen molar-refractivity contribution < 1.29 is 0 Å². The van der Waals surface area contributed by atoms with Crippen LogP contribution in [0.4, 0.5) is 5.13 Å². The first-order valence-electron chi connectivity index (χ1n) is 7.19. The number of hydrogen-bond donors (Lipinski definition) is 1. The zero-order valence-corrected chi connectivity index (χ0v) is 13.3. The highest BCUT2D eigenvalue weighted by atomic mass is 32.1. The van der Waals surface area contributed by atoms with Crippen LogP contribution in [-0.4, -0.2) is 43.1 Å². The average molecular weight is 282 g/mol. The Kier molecular flexibility index (Phi) is 4.81. The Morgan fingerprint density at radius 1 is 1.47 bits per heavy atom. The zero-order chi connectivity index (χ0) is 14.0. The van der Waals surface area contributed by atoms with Gasteiger partial charge in [0.2, 0.25) is 0 Å². The van der Waals surface area contributed by atoms with Crippen LogP contribution < -0.4 is 10.6 Å². The molecule has 5 heteroatoms. The number of aromatic nitrogens is 1. The molecule has 1 aliphatic rings. The van der Waals surface area contributed by atoms with E-state index in [0.717, 1.165) is 36.8 Å². The lowest BCUT2D eigenvalue weighted by atomic mass is 9.99. The average Bonchev–Trinajstić information content (AvgIpc) is 2.74. The first kappa shape index (κ1) is 14.8. The van der Waals surface area contributed by atoms with Gasteiger partial charge in [-0.1, -0.05) is 0 Å². The molecule has 1 heterocycles. The van der Waals surface area contributed by atoms with Gasteiger partial charge in [0, 0.05) is 30.1 Å². The topological polar surface area (TPSA) is 45.4 Å². The van der Waals surface area contributed by atoms with Crippen LogP contribution in [0, 0.1) is 0 Å². The van der Waals surface area contributed by atoms with Gasteiger partial charge in [0.15, 0.2) is 5.13 Å². The Balaban J connectivity index is 2.19. The van der Waals surface area contributed by atoms with Gasteiger partial charge >= 0.3 is 0 Å². The van der Waals surface area contributed by atoms with Crippen molar-refractivity contribution in [1.82, 2.24) is 9.88 Å². The second kappa shape index (κ2) is 6.20. The van der Waals surface area contributed by atoms with E-state index in [2.05, 4.69) is 37.7 Å². The molecule has 0 amide bonds. The zero-order valence-electron chi connectivity index (χ0n) is 12.5. The number of anilines is 1. The van der Waals surface area contributed by atoms with Crippen LogP contribution in [0.25, 0.3) is 0 Å². The fourth-order valence-corrected chi connectivity index (χ4v) is 4.16. The van der Waals surface area contributed by atoms with Gasteiger partial charge in [0.1, 0.15) is 0 Å². The third-order valence-corrected chi connectivity index (χ3v) is 4.90. The summed E-state index contributed by atoms with van der Waals surface area (Å²) in [5.74, 6) is 0. The van der Waals surface area contributed by atoms with Gasteiger partial charge in [-0.2, -0.15) is 0 Å². The maximum atomic E-state index is 6.18. The SMILES string of the molecule is CCN(c1nc2c(s1)CCCC2N)C(C)CN(C)C. The van der Waals surface area contributed by atoms with E-state index in [4.69, 9.17) is 10.7 Å². The Morgan fingerprint density at radius 2 is 2.21 bits per heavy atom. The van der Waals surface area contributed by atoms with Gasteiger partial charge in [0.05, 0.1) is 5.69 Å². The second-order valence-electron chi connectivity index (χ2n) is 5.70. The molecule has 0 radical (unpaired) electrons. The smallest absolute Gasteiger partial charge is 0.186 e. The monoisotopic (exact) mass is 282 g/mol. The fraction of sp³-hybridized carbons (Fsp3) is 0.786. The Bertz CT molecular complexity index is 416. The van der Waals surface area contributed by atoms with E-state index in [1.807, 2.05) is 11.3 Å². The number of likely N-dealkylation sites (N-methyl/N-ethyl adjacent to an activating group) is 2. The number of aryl methyl sites for hydroxylation is 1. The summed E-state index contributed by atoms with van der Waals surface area (Å²) in [7, 11) is 4.24. The Labute approximate surface area is 120 Å². The van der Waals surface area contributed by atoms with Crippen LogP contribution in [0.5, 0.6) is 0 Å². The van der Waals surface area contributed by atoms with E-state index < -0.39 is 0 Å². The lowest BCUT2D eigenvalue weighted by Gasteiger charge is -2.29. The van der Waals surface area contributed by atoms with E-state index >= 15 is 0 Å². The minimum Gasteiger partial charge on any atom is -0.344 e. The van der Waals surface area contributed by atoms with Crippen molar-refractivity contribution in [3.63, 3.8) is 0 Å². The Morgan fingerprint density at radius 3 is 2.79 bits per heavy atom. The summed E-state index contributed by atoms with van der Waals surface area (Å²) in [6.45, 7) is 6.51. The number of hydrogen-bond acceptors (Lipinski definition) is 5. The van der Waals surface area contributed by atoms with Crippen molar-refractivity contribution >= 4 is 16.5 Å². The molecule has 2 N–H and O–H groups in total.